The Balaban J connectivity index is 1.60. The van der Waals surface area contributed by atoms with Gasteiger partial charge in [0.2, 0.25) is 0 Å². The van der Waals surface area contributed by atoms with E-state index in [1.54, 1.807) is 12.1 Å². The molecule has 0 aliphatic rings. The summed E-state index contributed by atoms with van der Waals surface area (Å²) in [5, 5.41) is 16.7. The maximum atomic E-state index is 13.3. The van der Waals surface area contributed by atoms with Crippen molar-refractivity contribution in [1.82, 2.24) is 0 Å². The summed E-state index contributed by atoms with van der Waals surface area (Å²) in [7, 11) is 0. The monoisotopic (exact) mass is 385 g/mol. The number of halogens is 1. The van der Waals surface area contributed by atoms with E-state index in [0.29, 0.717) is 6.42 Å². The van der Waals surface area contributed by atoms with Crippen molar-refractivity contribution in [2.75, 3.05) is 5.32 Å². The molecule has 29 heavy (non-hydrogen) atoms. The maximum absolute atomic E-state index is 13.3. The van der Waals surface area contributed by atoms with E-state index in [-0.39, 0.29) is 11.9 Å². The van der Waals surface area contributed by atoms with Gasteiger partial charge in [-0.2, -0.15) is 0 Å². The first-order valence-corrected chi connectivity index (χ1v) is 9.84. The number of rotatable bonds is 6. The molecule has 4 aromatic carbocycles. The zero-order valence-corrected chi connectivity index (χ0v) is 16.3. The van der Waals surface area contributed by atoms with Crippen LogP contribution in [0.1, 0.15) is 35.3 Å². The van der Waals surface area contributed by atoms with Crippen molar-refractivity contribution >= 4 is 16.5 Å². The number of nitrogens with one attached hydrogen (secondary N) is 1. The number of fused-ring (bicyclic) bond motifs is 1. The highest BCUT2D eigenvalue weighted by Gasteiger charge is 2.18. The first kappa shape index (κ1) is 19.2. The van der Waals surface area contributed by atoms with Gasteiger partial charge in [0, 0.05) is 12.1 Å². The van der Waals surface area contributed by atoms with Crippen LogP contribution in [0.4, 0.5) is 10.1 Å². The second-order valence-corrected chi connectivity index (χ2v) is 7.47. The van der Waals surface area contributed by atoms with Gasteiger partial charge in [0.05, 0.1) is 12.1 Å². The molecule has 0 aliphatic carbocycles. The van der Waals surface area contributed by atoms with Crippen LogP contribution in [-0.2, 0) is 0 Å². The Morgan fingerprint density at radius 3 is 2.17 bits per heavy atom. The fourth-order valence-corrected chi connectivity index (χ4v) is 3.60. The SMILES string of the molecule is Cc1ccc(C(CC(O)c2ccc3ccccc3c2)Nc2ccc(F)cc2)cc1. The Bertz CT molecular complexity index is 1090. The Morgan fingerprint density at radius 1 is 0.793 bits per heavy atom. The van der Waals surface area contributed by atoms with Gasteiger partial charge in [0.25, 0.3) is 0 Å². The topological polar surface area (TPSA) is 32.3 Å². The molecule has 2 unspecified atom stereocenters. The van der Waals surface area contributed by atoms with Crippen LogP contribution in [0.5, 0.6) is 0 Å². The molecule has 0 saturated carbocycles. The Kier molecular flexibility index (Phi) is 5.59. The number of aliphatic hydroxyl groups excluding tert-OH is 1. The number of hydrogen-bond donors (Lipinski definition) is 2. The van der Waals surface area contributed by atoms with Crippen molar-refractivity contribution in [2.24, 2.45) is 0 Å². The predicted molar refractivity (Wildman–Crippen MR) is 117 cm³/mol. The summed E-state index contributed by atoms with van der Waals surface area (Å²) in [6.45, 7) is 2.05. The molecule has 3 heteroatoms. The van der Waals surface area contributed by atoms with Gasteiger partial charge in [-0.3, -0.25) is 0 Å². The predicted octanol–water partition coefficient (Wildman–Crippen LogP) is 6.56. The van der Waals surface area contributed by atoms with Crippen molar-refractivity contribution < 1.29 is 9.50 Å². The molecule has 4 aromatic rings. The molecule has 4 rings (SSSR count). The third-order valence-electron chi connectivity index (χ3n) is 5.28. The molecule has 0 aromatic heterocycles. The molecule has 0 heterocycles. The zero-order valence-electron chi connectivity index (χ0n) is 16.3. The van der Waals surface area contributed by atoms with Crippen molar-refractivity contribution in [1.29, 1.82) is 0 Å². The van der Waals surface area contributed by atoms with E-state index in [4.69, 9.17) is 0 Å². The minimum absolute atomic E-state index is 0.109. The van der Waals surface area contributed by atoms with Gasteiger partial charge >= 0.3 is 0 Å². The van der Waals surface area contributed by atoms with Crippen LogP contribution in [0.15, 0.2) is 91.0 Å². The fourth-order valence-electron chi connectivity index (χ4n) is 3.60. The number of anilines is 1. The summed E-state index contributed by atoms with van der Waals surface area (Å²) < 4.78 is 13.3. The van der Waals surface area contributed by atoms with E-state index >= 15 is 0 Å². The van der Waals surface area contributed by atoms with Gasteiger partial charge in [0.15, 0.2) is 0 Å². The minimum Gasteiger partial charge on any atom is -0.388 e. The molecule has 2 N–H and O–H groups in total. The van der Waals surface area contributed by atoms with Crippen LogP contribution in [0.2, 0.25) is 0 Å². The highest BCUT2D eigenvalue weighted by Crippen LogP contribution is 2.31. The summed E-state index contributed by atoms with van der Waals surface area (Å²) in [5.74, 6) is -0.265. The molecular weight excluding hydrogens is 361 g/mol. The van der Waals surface area contributed by atoms with Gasteiger partial charge in [-0.25, -0.2) is 4.39 Å². The molecule has 0 saturated heterocycles. The van der Waals surface area contributed by atoms with Gasteiger partial charge in [-0.1, -0.05) is 66.2 Å². The van der Waals surface area contributed by atoms with Gasteiger partial charge < -0.3 is 10.4 Å². The van der Waals surface area contributed by atoms with Gasteiger partial charge in [-0.05, 0) is 59.2 Å². The van der Waals surface area contributed by atoms with Gasteiger partial charge in [-0.15, -0.1) is 0 Å². The lowest BCUT2D eigenvalue weighted by Crippen LogP contribution is -2.15. The molecule has 2 nitrogen and oxygen atoms in total. The third kappa shape index (κ3) is 4.64. The van der Waals surface area contributed by atoms with E-state index in [1.807, 2.05) is 30.3 Å². The molecule has 0 radical (unpaired) electrons. The Labute approximate surface area is 170 Å². The number of benzene rings is 4. The van der Waals surface area contributed by atoms with Crippen molar-refractivity contribution in [3.05, 3.63) is 114 Å². The summed E-state index contributed by atoms with van der Waals surface area (Å²) in [6.07, 6.45) is -0.127. The van der Waals surface area contributed by atoms with Crippen LogP contribution >= 0.6 is 0 Å². The Morgan fingerprint density at radius 2 is 1.45 bits per heavy atom. The first-order chi connectivity index (χ1) is 14.1. The summed E-state index contributed by atoms with van der Waals surface area (Å²) in [6, 6.07) is 28.7. The normalized spacial score (nSPS) is 13.2. The summed E-state index contributed by atoms with van der Waals surface area (Å²) in [5.41, 5.74) is 3.98. The smallest absolute Gasteiger partial charge is 0.123 e. The third-order valence-corrected chi connectivity index (χ3v) is 5.28. The summed E-state index contributed by atoms with van der Waals surface area (Å²) >= 11 is 0. The highest BCUT2D eigenvalue weighted by molar-refractivity contribution is 5.83. The van der Waals surface area contributed by atoms with E-state index in [2.05, 4.69) is 48.6 Å². The average Bonchev–Trinajstić information content (AvgIpc) is 2.75. The highest BCUT2D eigenvalue weighted by atomic mass is 19.1. The first-order valence-electron chi connectivity index (χ1n) is 9.84. The van der Waals surface area contributed by atoms with Crippen LogP contribution in [0.25, 0.3) is 10.8 Å². The fraction of sp³-hybridized carbons (Fsp3) is 0.154. The van der Waals surface area contributed by atoms with E-state index in [0.717, 1.165) is 27.6 Å². The van der Waals surface area contributed by atoms with E-state index in [1.165, 1.54) is 17.7 Å². The van der Waals surface area contributed by atoms with Crippen molar-refractivity contribution in [2.45, 2.75) is 25.5 Å². The maximum Gasteiger partial charge on any atom is 0.123 e. The second-order valence-electron chi connectivity index (χ2n) is 7.47. The average molecular weight is 385 g/mol. The molecule has 0 amide bonds. The second kappa shape index (κ2) is 8.46. The van der Waals surface area contributed by atoms with Crippen LogP contribution in [0, 0.1) is 12.7 Å². The molecule has 0 bridgehead atoms. The molecule has 0 spiro atoms. The molecular formula is C26H24FNO. The quantitative estimate of drug-likeness (QED) is 0.394. The van der Waals surface area contributed by atoms with Gasteiger partial charge in [0.1, 0.15) is 5.82 Å². The van der Waals surface area contributed by atoms with E-state index in [9.17, 15) is 9.50 Å². The van der Waals surface area contributed by atoms with Crippen molar-refractivity contribution in [3.8, 4) is 0 Å². The lowest BCUT2D eigenvalue weighted by molar-refractivity contribution is 0.161. The molecule has 0 aliphatic heterocycles. The molecule has 2 atom stereocenters. The number of aliphatic hydroxyl groups is 1. The molecule has 0 fully saturated rings. The van der Waals surface area contributed by atoms with Crippen LogP contribution < -0.4 is 5.32 Å². The van der Waals surface area contributed by atoms with Crippen molar-refractivity contribution in [3.63, 3.8) is 0 Å². The van der Waals surface area contributed by atoms with Crippen LogP contribution in [-0.4, -0.2) is 5.11 Å². The summed E-state index contributed by atoms with van der Waals surface area (Å²) in [4.78, 5) is 0. The Hall–Kier alpha value is -3.17. The minimum atomic E-state index is -0.626. The molecule has 146 valence electrons. The number of aryl methyl sites for hydroxylation is 1. The lowest BCUT2D eigenvalue weighted by atomic mass is 9.94. The standard InChI is InChI=1S/C26H24FNO/c1-18-6-8-20(9-7-18)25(28-24-14-12-23(27)13-15-24)17-26(29)22-11-10-19-4-2-3-5-21(19)16-22/h2-16,25-26,28-29H,17H2,1H3. The number of hydrogen-bond acceptors (Lipinski definition) is 2. The van der Waals surface area contributed by atoms with E-state index < -0.39 is 6.10 Å². The largest absolute Gasteiger partial charge is 0.388 e. The lowest BCUT2D eigenvalue weighted by Gasteiger charge is -2.24. The van der Waals surface area contributed by atoms with Crippen LogP contribution in [0.3, 0.4) is 0 Å². The zero-order chi connectivity index (χ0) is 20.2.